The number of para-hydroxylation sites is 1. The Morgan fingerprint density at radius 2 is 1.79 bits per heavy atom. The van der Waals surface area contributed by atoms with Gasteiger partial charge in [0.05, 0.1) is 10.9 Å². The maximum atomic E-state index is 14.7. The molecule has 5 nitrogen and oxygen atoms in total. The van der Waals surface area contributed by atoms with Gasteiger partial charge in [-0.1, -0.05) is 36.4 Å². The molecule has 0 radical (unpaired) electrons. The van der Waals surface area contributed by atoms with Gasteiger partial charge < -0.3 is 15.4 Å². The molecule has 3 aromatic carbocycles. The third-order valence-corrected chi connectivity index (χ3v) is 6.35. The predicted molar refractivity (Wildman–Crippen MR) is 129 cm³/mol. The third-order valence-electron chi connectivity index (χ3n) is 5.15. The van der Waals surface area contributed by atoms with E-state index in [0.29, 0.717) is 32.0 Å². The Hall–Kier alpha value is -3.71. The van der Waals surface area contributed by atoms with Crippen molar-refractivity contribution in [3.63, 3.8) is 0 Å². The molecule has 0 spiro atoms. The van der Waals surface area contributed by atoms with Gasteiger partial charge in [-0.2, -0.15) is 0 Å². The molecule has 1 heterocycles. The van der Waals surface area contributed by atoms with Crippen molar-refractivity contribution in [3.8, 4) is 5.75 Å². The number of thiophene rings is 1. The van der Waals surface area contributed by atoms with E-state index >= 15 is 0 Å². The molecule has 0 fully saturated rings. The van der Waals surface area contributed by atoms with E-state index in [0.717, 1.165) is 5.56 Å². The Balaban J connectivity index is 1.61. The molecule has 0 aliphatic carbocycles. The highest BCUT2D eigenvalue weighted by atomic mass is 32.1. The number of carbonyl (C=O) groups is 2. The molecule has 0 aliphatic heterocycles. The average Bonchev–Trinajstić information content (AvgIpc) is 3.18. The Morgan fingerprint density at radius 3 is 2.55 bits per heavy atom. The number of amides is 2. The first-order chi connectivity index (χ1) is 15.9. The van der Waals surface area contributed by atoms with E-state index in [-0.39, 0.29) is 30.3 Å². The topological polar surface area (TPSA) is 67.4 Å². The molecule has 1 aromatic heterocycles. The van der Waals surface area contributed by atoms with Crippen LogP contribution in [0.5, 0.6) is 5.75 Å². The number of rotatable bonds is 7. The minimum absolute atomic E-state index is 0.0695. The summed E-state index contributed by atoms with van der Waals surface area (Å²) in [6, 6.07) is 21.0. The molecule has 1 unspecified atom stereocenters. The van der Waals surface area contributed by atoms with Gasteiger partial charge in [0.2, 0.25) is 5.91 Å². The third kappa shape index (κ3) is 5.21. The lowest BCUT2D eigenvalue weighted by Gasteiger charge is -2.16. The number of fused-ring (bicyclic) bond motifs is 1. The number of hydrogen-bond donors (Lipinski definition) is 2. The van der Waals surface area contributed by atoms with Crippen LogP contribution in [-0.4, -0.2) is 11.8 Å². The molecular formula is C26H23FN2O3S. The van der Waals surface area contributed by atoms with Crippen molar-refractivity contribution in [1.82, 2.24) is 5.32 Å². The van der Waals surface area contributed by atoms with E-state index in [4.69, 9.17) is 4.74 Å². The summed E-state index contributed by atoms with van der Waals surface area (Å²) in [5.41, 5.74) is 2.01. The maximum Gasteiger partial charge on any atom is 0.262 e. The Morgan fingerprint density at radius 1 is 1.03 bits per heavy atom. The maximum absolute atomic E-state index is 14.7. The van der Waals surface area contributed by atoms with Crippen molar-refractivity contribution < 1.29 is 18.7 Å². The molecule has 4 rings (SSSR count). The van der Waals surface area contributed by atoms with Gasteiger partial charge in [0.15, 0.2) is 0 Å². The molecule has 4 aromatic rings. The number of ether oxygens (including phenoxy) is 1. The summed E-state index contributed by atoms with van der Waals surface area (Å²) in [6.07, 6.45) is 0. The fraction of sp³-hybridized carbons (Fsp3) is 0.154. The van der Waals surface area contributed by atoms with Gasteiger partial charge >= 0.3 is 0 Å². The molecule has 0 aliphatic rings. The normalized spacial score (nSPS) is 11.7. The van der Waals surface area contributed by atoms with Crippen LogP contribution in [0, 0.1) is 5.82 Å². The number of nitrogens with one attached hydrogen (secondary N) is 2. The zero-order valence-corrected chi connectivity index (χ0v) is 19.0. The van der Waals surface area contributed by atoms with Crippen LogP contribution in [0.2, 0.25) is 0 Å². The average molecular weight is 463 g/mol. The number of carbonyl (C=O) groups excluding carboxylic acids is 2. The first-order valence-electron chi connectivity index (χ1n) is 10.5. The first kappa shape index (κ1) is 22.5. The molecule has 2 amide bonds. The van der Waals surface area contributed by atoms with Gasteiger partial charge in [0.1, 0.15) is 18.2 Å². The summed E-state index contributed by atoms with van der Waals surface area (Å²) in [7, 11) is 0. The summed E-state index contributed by atoms with van der Waals surface area (Å²) in [6.45, 7) is 3.37. The molecule has 33 heavy (non-hydrogen) atoms. The minimum atomic E-state index is -0.384. The van der Waals surface area contributed by atoms with Crippen LogP contribution >= 0.6 is 11.3 Å². The van der Waals surface area contributed by atoms with Crippen LogP contribution in [-0.2, 0) is 11.4 Å². The van der Waals surface area contributed by atoms with Crippen LogP contribution in [0.1, 0.15) is 40.7 Å². The zero-order chi connectivity index (χ0) is 23.4. The zero-order valence-electron chi connectivity index (χ0n) is 18.2. The summed E-state index contributed by atoms with van der Waals surface area (Å²) in [4.78, 5) is 25.0. The van der Waals surface area contributed by atoms with Crippen LogP contribution in [0.15, 0.2) is 72.8 Å². The van der Waals surface area contributed by atoms with Crippen LogP contribution in [0.4, 0.5) is 10.1 Å². The van der Waals surface area contributed by atoms with E-state index in [1.807, 2.05) is 55.5 Å². The minimum Gasteiger partial charge on any atom is -0.489 e. The fourth-order valence-corrected chi connectivity index (χ4v) is 4.72. The number of anilines is 1. The lowest BCUT2D eigenvalue weighted by atomic mass is 10.1. The van der Waals surface area contributed by atoms with Gasteiger partial charge in [0, 0.05) is 28.3 Å². The highest BCUT2D eigenvalue weighted by molar-refractivity contribution is 7.21. The summed E-state index contributed by atoms with van der Waals surface area (Å²) < 4.78 is 21.3. The largest absolute Gasteiger partial charge is 0.489 e. The van der Waals surface area contributed by atoms with Gasteiger partial charge in [-0.3, -0.25) is 9.59 Å². The Bertz CT molecular complexity index is 1300. The summed E-state index contributed by atoms with van der Waals surface area (Å²) in [5, 5.41) is 6.14. The first-order valence-corrected chi connectivity index (χ1v) is 11.3. The summed E-state index contributed by atoms with van der Waals surface area (Å²) >= 11 is 1.24. The van der Waals surface area contributed by atoms with E-state index in [1.165, 1.54) is 24.3 Å². The standard InChI is InChI=1S/C26H23FN2O3S/c1-16(18-8-6-9-19(14-18)29-17(2)30)28-26(31)25-21(15-32-20-10-4-3-5-11-20)24-22(27)12-7-13-23(24)33-25/h3-14,16H,15H2,1-2H3,(H,28,31)(H,29,30). The van der Waals surface area contributed by atoms with Crippen LogP contribution < -0.4 is 15.4 Å². The van der Waals surface area contributed by atoms with Crippen LogP contribution in [0.3, 0.4) is 0 Å². The lowest BCUT2D eigenvalue weighted by molar-refractivity contribution is -0.114. The highest BCUT2D eigenvalue weighted by Crippen LogP contribution is 2.34. The van der Waals surface area contributed by atoms with Crippen molar-refractivity contribution in [3.05, 3.63) is 94.6 Å². The summed E-state index contributed by atoms with van der Waals surface area (Å²) in [5.74, 6) is -0.216. The molecule has 7 heteroatoms. The monoisotopic (exact) mass is 462 g/mol. The second-order valence-corrected chi connectivity index (χ2v) is 8.68. The quantitative estimate of drug-likeness (QED) is 0.350. The van der Waals surface area contributed by atoms with Crippen LogP contribution in [0.25, 0.3) is 10.1 Å². The second-order valence-electron chi connectivity index (χ2n) is 7.63. The van der Waals surface area contributed by atoms with E-state index in [9.17, 15) is 14.0 Å². The van der Waals surface area contributed by atoms with Crippen molar-refractivity contribution in [2.24, 2.45) is 0 Å². The van der Waals surface area contributed by atoms with Gasteiger partial charge in [-0.05, 0) is 48.9 Å². The van der Waals surface area contributed by atoms with Crippen molar-refractivity contribution in [1.29, 1.82) is 0 Å². The highest BCUT2D eigenvalue weighted by Gasteiger charge is 2.23. The number of hydrogen-bond acceptors (Lipinski definition) is 4. The molecule has 2 N–H and O–H groups in total. The van der Waals surface area contributed by atoms with Crippen molar-refractivity contribution in [2.75, 3.05) is 5.32 Å². The van der Waals surface area contributed by atoms with Gasteiger partial charge in [0.25, 0.3) is 5.91 Å². The molecule has 1 atom stereocenters. The Labute approximate surface area is 195 Å². The Kier molecular flexibility index (Phi) is 6.70. The van der Waals surface area contributed by atoms with Crippen molar-refractivity contribution >= 4 is 38.9 Å². The van der Waals surface area contributed by atoms with E-state index in [2.05, 4.69) is 10.6 Å². The lowest BCUT2D eigenvalue weighted by Crippen LogP contribution is -2.27. The smallest absolute Gasteiger partial charge is 0.262 e. The molecule has 0 bridgehead atoms. The molecular weight excluding hydrogens is 439 g/mol. The molecule has 0 saturated carbocycles. The number of halogens is 1. The fourth-order valence-electron chi connectivity index (χ4n) is 3.60. The van der Waals surface area contributed by atoms with Gasteiger partial charge in [-0.25, -0.2) is 4.39 Å². The predicted octanol–water partition coefficient (Wildman–Crippen LogP) is 6.07. The van der Waals surface area contributed by atoms with E-state index < -0.39 is 0 Å². The molecule has 168 valence electrons. The van der Waals surface area contributed by atoms with E-state index in [1.54, 1.807) is 18.2 Å². The second kappa shape index (κ2) is 9.83. The van der Waals surface area contributed by atoms with Gasteiger partial charge in [-0.15, -0.1) is 11.3 Å². The SMILES string of the molecule is CC(=O)Nc1cccc(C(C)NC(=O)c2sc3cccc(F)c3c2COc2ccccc2)c1. The van der Waals surface area contributed by atoms with Crippen molar-refractivity contribution in [2.45, 2.75) is 26.5 Å². The number of benzene rings is 3. The molecule has 0 saturated heterocycles.